The average molecular weight is 304 g/mol. The van der Waals surface area contributed by atoms with Crippen LogP contribution in [-0.2, 0) is 9.59 Å². The van der Waals surface area contributed by atoms with E-state index in [1.54, 1.807) is 18.5 Å². The molecule has 3 heterocycles. The third-order valence-electron chi connectivity index (χ3n) is 3.98. The lowest BCUT2D eigenvalue weighted by molar-refractivity contribution is -0.135. The predicted molar refractivity (Wildman–Crippen MR) is 80.2 cm³/mol. The molecule has 1 aromatic heterocycles. The topological polar surface area (TPSA) is 90.5 Å². The van der Waals surface area contributed by atoms with Crippen LogP contribution in [-0.4, -0.2) is 72.0 Å². The van der Waals surface area contributed by atoms with Crippen molar-refractivity contribution < 1.29 is 9.59 Å². The van der Waals surface area contributed by atoms with Gasteiger partial charge in [-0.25, -0.2) is 9.97 Å². The highest BCUT2D eigenvalue weighted by molar-refractivity contribution is 5.88. The van der Waals surface area contributed by atoms with E-state index in [1.165, 1.54) is 0 Å². The van der Waals surface area contributed by atoms with Gasteiger partial charge in [-0.15, -0.1) is 0 Å². The molecule has 118 valence electrons. The van der Waals surface area contributed by atoms with Gasteiger partial charge in [0, 0.05) is 51.7 Å². The second kappa shape index (κ2) is 6.69. The number of carbonyl (C=O) groups excluding carboxylic acids is 2. The molecule has 0 saturated carbocycles. The fraction of sp³-hybridized carbons (Fsp3) is 0.571. The maximum atomic E-state index is 12.3. The molecule has 8 nitrogen and oxygen atoms in total. The molecule has 0 spiro atoms. The SMILES string of the molecule is O=C1NCCN[C@H]1CC(=O)N1CCN(c2ncccn2)CC1. The second-order valence-electron chi connectivity index (χ2n) is 5.42. The normalized spacial score (nSPS) is 22.4. The third-order valence-corrected chi connectivity index (χ3v) is 3.98. The molecule has 8 heteroatoms. The molecule has 1 aromatic rings. The molecule has 0 aliphatic carbocycles. The van der Waals surface area contributed by atoms with E-state index >= 15 is 0 Å². The summed E-state index contributed by atoms with van der Waals surface area (Å²) < 4.78 is 0. The minimum Gasteiger partial charge on any atom is -0.353 e. The maximum Gasteiger partial charge on any atom is 0.237 e. The number of carbonyl (C=O) groups is 2. The summed E-state index contributed by atoms with van der Waals surface area (Å²) in [6.07, 6.45) is 3.65. The molecule has 3 rings (SSSR count). The van der Waals surface area contributed by atoms with Gasteiger partial charge < -0.3 is 20.4 Å². The van der Waals surface area contributed by atoms with Crippen LogP contribution in [0, 0.1) is 0 Å². The standard InChI is InChI=1S/C14H20N6O2/c21-12(10-11-13(22)16-5-4-15-11)19-6-8-20(9-7-19)14-17-2-1-3-18-14/h1-3,11,15H,4-10H2,(H,16,22)/t11-/m0/s1. The van der Waals surface area contributed by atoms with Gasteiger partial charge in [0.05, 0.1) is 12.5 Å². The fourth-order valence-electron chi connectivity index (χ4n) is 2.73. The number of hydrogen-bond donors (Lipinski definition) is 2. The molecule has 2 aliphatic rings. The van der Waals surface area contributed by atoms with Crippen molar-refractivity contribution in [3.05, 3.63) is 18.5 Å². The Morgan fingerprint density at radius 3 is 2.59 bits per heavy atom. The van der Waals surface area contributed by atoms with Crippen LogP contribution in [0.1, 0.15) is 6.42 Å². The Bertz CT molecular complexity index is 529. The second-order valence-corrected chi connectivity index (χ2v) is 5.42. The van der Waals surface area contributed by atoms with Crippen molar-refractivity contribution in [3.63, 3.8) is 0 Å². The van der Waals surface area contributed by atoms with Crippen molar-refractivity contribution in [1.82, 2.24) is 25.5 Å². The first-order valence-electron chi connectivity index (χ1n) is 7.55. The number of rotatable bonds is 3. The van der Waals surface area contributed by atoms with Crippen LogP contribution in [0.5, 0.6) is 0 Å². The van der Waals surface area contributed by atoms with E-state index in [0.29, 0.717) is 45.2 Å². The quantitative estimate of drug-likeness (QED) is 0.714. The highest BCUT2D eigenvalue weighted by Crippen LogP contribution is 2.11. The van der Waals surface area contributed by atoms with Gasteiger partial charge in [0.25, 0.3) is 0 Å². The summed E-state index contributed by atoms with van der Waals surface area (Å²) in [4.78, 5) is 36.3. The minimum atomic E-state index is -0.406. The molecule has 0 bridgehead atoms. The number of amides is 2. The first-order valence-corrected chi connectivity index (χ1v) is 7.55. The average Bonchev–Trinajstić information content (AvgIpc) is 2.58. The highest BCUT2D eigenvalue weighted by atomic mass is 16.2. The zero-order valence-electron chi connectivity index (χ0n) is 12.4. The third kappa shape index (κ3) is 3.33. The molecule has 22 heavy (non-hydrogen) atoms. The molecule has 2 amide bonds. The van der Waals surface area contributed by atoms with E-state index in [9.17, 15) is 9.59 Å². The van der Waals surface area contributed by atoms with Gasteiger partial charge in [0.15, 0.2) is 0 Å². The van der Waals surface area contributed by atoms with E-state index in [1.807, 2.05) is 4.90 Å². The largest absolute Gasteiger partial charge is 0.353 e. The molecule has 2 saturated heterocycles. The van der Waals surface area contributed by atoms with Gasteiger partial charge in [-0.3, -0.25) is 9.59 Å². The summed E-state index contributed by atoms with van der Waals surface area (Å²) in [6, 6.07) is 1.38. The van der Waals surface area contributed by atoms with Crippen molar-refractivity contribution in [2.75, 3.05) is 44.2 Å². The van der Waals surface area contributed by atoms with E-state index in [-0.39, 0.29) is 18.2 Å². The van der Waals surface area contributed by atoms with Crippen LogP contribution in [0.25, 0.3) is 0 Å². The number of nitrogens with zero attached hydrogens (tertiary/aromatic N) is 4. The summed E-state index contributed by atoms with van der Waals surface area (Å²) >= 11 is 0. The van der Waals surface area contributed by atoms with Crippen LogP contribution >= 0.6 is 0 Å². The zero-order chi connectivity index (χ0) is 15.4. The molecule has 0 radical (unpaired) electrons. The molecule has 0 unspecified atom stereocenters. The maximum absolute atomic E-state index is 12.3. The van der Waals surface area contributed by atoms with Gasteiger partial charge in [0.2, 0.25) is 17.8 Å². The molecular weight excluding hydrogens is 284 g/mol. The van der Waals surface area contributed by atoms with Crippen molar-refractivity contribution in [2.45, 2.75) is 12.5 Å². The van der Waals surface area contributed by atoms with Gasteiger partial charge in [-0.1, -0.05) is 0 Å². The van der Waals surface area contributed by atoms with E-state index < -0.39 is 6.04 Å². The Morgan fingerprint density at radius 2 is 1.91 bits per heavy atom. The van der Waals surface area contributed by atoms with E-state index in [2.05, 4.69) is 25.5 Å². The molecule has 2 aliphatic heterocycles. The summed E-state index contributed by atoms with van der Waals surface area (Å²) in [7, 11) is 0. The summed E-state index contributed by atoms with van der Waals surface area (Å²) in [5.41, 5.74) is 0. The zero-order valence-corrected chi connectivity index (χ0v) is 12.4. The van der Waals surface area contributed by atoms with Crippen molar-refractivity contribution in [3.8, 4) is 0 Å². The lowest BCUT2D eigenvalue weighted by Gasteiger charge is -2.35. The fourth-order valence-corrected chi connectivity index (χ4v) is 2.73. The highest BCUT2D eigenvalue weighted by Gasteiger charge is 2.28. The van der Waals surface area contributed by atoms with Crippen molar-refractivity contribution >= 4 is 17.8 Å². The molecule has 1 atom stereocenters. The number of piperazine rings is 2. The Kier molecular flexibility index (Phi) is 4.47. The van der Waals surface area contributed by atoms with Gasteiger partial charge in [-0.2, -0.15) is 0 Å². The van der Waals surface area contributed by atoms with E-state index in [4.69, 9.17) is 0 Å². The van der Waals surface area contributed by atoms with Crippen LogP contribution in [0.3, 0.4) is 0 Å². The lowest BCUT2D eigenvalue weighted by atomic mass is 10.1. The first kappa shape index (κ1) is 14.7. The number of anilines is 1. The number of hydrogen-bond acceptors (Lipinski definition) is 6. The van der Waals surface area contributed by atoms with Gasteiger partial charge in [0.1, 0.15) is 0 Å². The van der Waals surface area contributed by atoms with Crippen molar-refractivity contribution in [2.24, 2.45) is 0 Å². The van der Waals surface area contributed by atoms with Crippen LogP contribution in [0.15, 0.2) is 18.5 Å². The summed E-state index contributed by atoms with van der Waals surface area (Å²) in [5, 5.41) is 5.86. The Morgan fingerprint density at radius 1 is 1.18 bits per heavy atom. The lowest BCUT2D eigenvalue weighted by Crippen LogP contribution is -2.56. The van der Waals surface area contributed by atoms with Gasteiger partial charge in [-0.05, 0) is 6.07 Å². The Labute approximate surface area is 128 Å². The number of aromatic nitrogens is 2. The monoisotopic (exact) mass is 304 g/mol. The molecule has 0 aromatic carbocycles. The smallest absolute Gasteiger partial charge is 0.237 e. The summed E-state index contributed by atoms with van der Waals surface area (Å²) in [6.45, 7) is 4.01. The predicted octanol–water partition coefficient (Wildman–Crippen LogP) is -1.40. The minimum absolute atomic E-state index is 0.0168. The summed E-state index contributed by atoms with van der Waals surface area (Å²) in [5.74, 6) is 0.627. The number of nitrogens with one attached hydrogen (secondary N) is 2. The van der Waals surface area contributed by atoms with Crippen LogP contribution < -0.4 is 15.5 Å². The Balaban J connectivity index is 1.50. The first-order chi connectivity index (χ1) is 10.7. The van der Waals surface area contributed by atoms with Crippen LogP contribution in [0.2, 0.25) is 0 Å². The Hall–Kier alpha value is -2.22. The van der Waals surface area contributed by atoms with Crippen molar-refractivity contribution in [1.29, 1.82) is 0 Å². The van der Waals surface area contributed by atoms with E-state index in [0.717, 1.165) is 0 Å². The van der Waals surface area contributed by atoms with Crippen LogP contribution in [0.4, 0.5) is 5.95 Å². The molecular formula is C14H20N6O2. The molecule has 2 fully saturated rings. The van der Waals surface area contributed by atoms with Gasteiger partial charge >= 0.3 is 0 Å². The molecule has 2 N–H and O–H groups in total.